The first-order valence-corrected chi connectivity index (χ1v) is 10.8. The van der Waals surface area contributed by atoms with E-state index in [0.717, 1.165) is 15.9 Å². The fourth-order valence-corrected chi connectivity index (χ4v) is 2.56. The minimum atomic E-state index is -0.553. The molecule has 8 heteroatoms. The number of rotatable bonds is 10. The Balaban J connectivity index is 2.41. The number of esters is 1. The van der Waals surface area contributed by atoms with E-state index in [1.165, 1.54) is 0 Å². The molecule has 0 unspecified atom stereocenters. The molecule has 1 aromatic heterocycles. The molecule has 0 fully saturated rings. The summed E-state index contributed by atoms with van der Waals surface area (Å²) in [6, 6.07) is 0. The van der Waals surface area contributed by atoms with Crippen molar-refractivity contribution in [1.29, 1.82) is 0 Å². The molecule has 0 aromatic carbocycles. The molecule has 0 aliphatic carbocycles. The summed E-state index contributed by atoms with van der Waals surface area (Å²) in [5.74, 6) is 0.693. The highest BCUT2D eigenvalue weighted by Crippen LogP contribution is 2.33. The van der Waals surface area contributed by atoms with Gasteiger partial charge in [-0.15, -0.1) is 0 Å². The molecule has 0 atom stereocenters. The zero-order valence-corrected chi connectivity index (χ0v) is 16.0. The Morgan fingerprint density at radius 3 is 2.73 bits per heavy atom. The molecule has 128 valence electrons. The molecule has 22 heavy (non-hydrogen) atoms. The van der Waals surface area contributed by atoms with Crippen LogP contribution in [-0.4, -0.2) is 60.1 Å². The van der Waals surface area contributed by atoms with Gasteiger partial charge in [-0.1, -0.05) is 0 Å². The first-order valence-electron chi connectivity index (χ1n) is 7.00. The van der Waals surface area contributed by atoms with Crippen LogP contribution in [0.2, 0.25) is 0 Å². The molecule has 0 spiro atoms. The van der Waals surface area contributed by atoms with Crippen molar-refractivity contribution in [3.63, 3.8) is 0 Å². The number of hydrogen-bond acceptors (Lipinski definition) is 5. The van der Waals surface area contributed by atoms with Gasteiger partial charge in [0.25, 0.3) is 0 Å². The van der Waals surface area contributed by atoms with Crippen molar-refractivity contribution < 1.29 is 19.0 Å². The second kappa shape index (κ2) is 9.54. The first kappa shape index (κ1) is 19.5. The molecule has 0 radical (unpaired) electrons. The van der Waals surface area contributed by atoms with Crippen LogP contribution in [0.5, 0.6) is 0 Å². The van der Waals surface area contributed by atoms with Gasteiger partial charge in [-0.3, -0.25) is 0 Å². The van der Waals surface area contributed by atoms with Gasteiger partial charge in [-0.2, -0.15) is 5.10 Å². The van der Waals surface area contributed by atoms with Crippen LogP contribution in [0.3, 0.4) is 0 Å². The minimum Gasteiger partial charge on any atom is -0.464 e. The average Bonchev–Trinajstić information content (AvgIpc) is 2.75. The summed E-state index contributed by atoms with van der Waals surface area (Å²) in [5, 5.41) is 4.24. The van der Waals surface area contributed by atoms with E-state index in [0.29, 0.717) is 19.9 Å². The van der Waals surface area contributed by atoms with Crippen LogP contribution < -0.4 is 0 Å². The van der Waals surface area contributed by atoms with Crippen molar-refractivity contribution in [3.8, 4) is 0 Å². The van der Waals surface area contributed by atoms with E-state index in [1.54, 1.807) is 17.8 Å². The summed E-state index contributed by atoms with van der Waals surface area (Å²) in [6.45, 7) is 3.40. The van der Waals surface area contributed by atoms with Crippen molar-refractivity contribution >= 4 is 31.9 Å². The monoisotopic (exact) mass is 396 g/mol. The Hall–Kier alpha value is -0.570. The lowest BCUT2D eigenvalue weighted by atomic mass is 10.4. The van der Waals surface area contributed by atoms with E-state index in [2.05, 4.69) is 39.8 Å². The summed E-state index contributed by atoms with van der Waals surface area (Å²) in [4.78, 5) is 11.2. The van der Waals surface area contributed by atoms with Gasteiger partial charge in [0.1, 0.15) is 13.3 Å². The smallest absolute Gasteiger partial charge is 0.332 e. The van der Waals surface area contributed by atoms with Gasteiger partial charge in [0.2, 0.25) is 0 Å². The van der Waals surface area contributed by atoms with Crippen molar-refractivity contribution in [1.82, 2.24) is 9.78 Å². The summed E-state index contributed by atoms with van der Waals surface area (Å²) < 4.78 is 18.4. The molecule has 1 aromatic rings. The van der Waals surface area contributed by atoms with E-state index in [-0.39, 0.29) is 19.2 Å². The average molecular weight is 397 g/mol. The Morgan fingerprint density at radius 1 is 1.36 bits per heavy atom. The molecule has 0 aliphatic rings. The largest absolute Gasteiger partial charge is 0.464 e. The molecular weight excluding hydrogens is 372 g/mol. The van der Waals surface area contributed by atoms with Gasteiger partial charge in [0, 0.05) is 5.75 Å². The van der Waals surface area contributed by atoms with Crippen LogP contribution >= 0.6 is 26.0 Å². The molecule has 6 nitrogen and oxygen atoms in total. The van der Waals surface area contributed by atoms with Gasteiger partial charge >= 0.3 is 5.97 Å². The topological polar surface area (TPSA) is 62.6 Å². The molecule has 1 rings (SSSR count). The number of carbonyl (C=O) groups excluding carboxylic acids is 1. The van der Waals surface area contributed by atoms with E-state index in [9.17, 15) is 4.79 Å². The third kappa shape index (κ3) is 7.62. The molecule has 0 saturated heterocycles. The lowest BCUT2D eigenvalue weighted by molar-refractivity contribution is -0.148. The highest BCUT2D eigenvalue weighted by atomic mass is 79.9. The second-order valence-corrected chi connectivity index (χ2v) is 11.0. The predicted molar refractivity (Wildman–Crippen MR) is 92.4 cm³/mol. The lowest BCUT2D eigenvalue weighted by Crippen LogP contribution is -2.15. The number of nitrogens with zero attached hydrogens (tertiary/aromatic N) is 2. The standard InChI is InChI=1S/C14H25BrN2O4S/c1-5-21-14(18)10-20-9-13-12(15)8-16-17(13)11-19-6-7-22(2,3)4/h8H,5-7,9-11H2,1-4H3. The number of carbonyl (C=O) groups is 1. The van der Waals surface area contributed by atoms with E-state index < -0.39 is 10.0 Å². The summed E-state index contributed by atoms with van der Waals surface area (Å²) in [5.41, 5.74) is 0.840. The fourth-order valence-electron chi connectivity index (χ4n) is 1.54. The first-order chi connectivity index (χ1) is 10.3. The molecule has 0 amide bonds. The zero-order chi connectivity index (χ0) is 16.6. The zero-order valence-electron chi connectivity index (χ0n) is 13.6. The van der Waals surface area contributed by atoms with Crippen molar-refractivity contribution in [2.45, 2.75) is 20.3 Å². The van der Waals surface area contributed by atoms with Crippen LogP contribution in [0, 0.1) is 0 Å². The van der Waals surface area contributed by atoms with Crippen LogP contribution in [-0.2, 0) is 32.3 Å². The number of aromatic nitrogens is 2. The number of ether oxygens (including phenoxy) is 3. The highest BCUT2D eigenvalue weighted by Gasteiger charge is 2.11. The maximum atomic E-state index is 11.2. The highest BCUT2D eigenvalue weighted by molar-refractivity contribution is 9.10. The van der Waals surface area contributed by atoms with Crippen molar-refractivity contribution in [3.05, 3.63) is 16.4 Å². The number of halogens is 1. The van der Waals surface area contributed by atoms with Crippen molar-refractivity contribution in [2.75, 3.05) is 44.3 Å². The Bertz CT molecular complexity index is 474. The van der Waals surface area contributed by atoms with Crippen molar-refractivity contribution in [2.24, 2.45) is 0 Å². The molecule has 0 bridgehead atoms. The van der Waals surface area contributed by atoms with Gasteiger partial charge < -0.3 is 14.2 Å². The second-order valence-electron chi connectivity index (χ2n) is 5.57. The summed E-state index contributed by atoms with van der Waals surface area (Å²) >= 11 is 3.42. The SMILES string of the molecule is CCOC(=O)COCc1c(Br)cnn1COCCS(C)(C)C. The minimum absolute atomic E-state index is 0.0697. The van der Waals surface area contributed by atoms with Crippen LogP contribution in [0.25, 0.3) is 0 Å². The van der Waals surface area contributed by atoms with Gasteiger partial charge in [-0.05, 0) is 41.6 Å². The Kier molecular flexibility index (Phi) is 8.45. The maximum Gasteiger partial charge on any atom is 0.332 e. The maximum absolute atomic E-state index is 11.2. The third-order valence-corrected chi connectivity index (χ3v) is 4.77. The third-order valence-electron chi connectivity index (χ3n) is 2.72. The van der Waals surface area contributed by atoms with Crippen LogP contribution in [0.15, 0.2) is 10.7 Å². The van der Waals surface area contributed by atoms with Gasteiger partial charge in [-0.25, -0.2) is 19.5 Å². The van der Waals surface area contributed by atoms with Gasteiger partial charge in [0.15, 0.2) is 0 Å². The molecule has 0 N–H and O–H groups in total. The molecule has 0 aliphatic heterocycles. The summed E-state index contributed by atoms with van der Waals surface area (Å²) in [7, 11) is -0.553. The molecule has 0 saturated carbocycles. The molecule has 1 heterocycles. The Labute approximate surface area is 141 Å². The quantitative estimate of drug-likeness (QED) is 0.448. The normalized spacial score (nSPS) is 12.4. The van der Waals surface area contributed by atoms with E-state index >= 15 is 0 Å². The predicted octanol–water partition coefficient (Wildman–Crippen LogP) is 2.39. The van der Waals surface area contributed by atoms with Gasteiger partial charge in [0.05, 0.1) is 36.2 Å². The lowest BCUT2D eigenvalue weighted by Gasteiger charge is -2.24. The van der Waals surface area contributed by atoms with Crippen LogP contribution in [0.1, 0.15) is 12.6 Å². The van der Waals surface area contributed by atoms with E-state index in [4.69, 9.17) is 14.2 Å². The van der Waals surface area contributed by atoms with E-state index in [1.807, 2.05) is 0 Å². The summed E-state index contributed by atoms with van der Waals surface area (Å²) in [6.07, 6.45) is 8.47. The fraction of sp³-hybridized carbons (Fsp3) is 0.714. The van der Waals surface area contributed by atoms with Crippen LogP contribution in [0.4, 0.5) is 0 Å². The molecular formula is C14H25BrN2O4S. The number of hydrogen-bond donors (Lipinski definition) is 0. The Morgan fingerprint density at radius 2 is 2.09 bits per heavy atom.